The number of hydrogen-bond acceptors (Lipinski definition) is 4. The Morgan fingerprint density at radius 1 is 1.27 bits per heavy atom. The molecule has 124 valence electrons. The minimum Gasteiger partial charge on any atom is -0.496 e. The molecule has 0 radical (unpaired) electrons. The number of hydrogen-bond donors (Lipinski definition) is 2. The van der Waals surface area contributed by atoms with Gasteiger partial charge in [-0.1, -0.05) is 6.07 Å². The highest BCUT2D eigenvalue weighted by Crippen LogP contribution is 2.30. The van der Waals surface area contributed by atoms with E-state index in [9.17, 15) is 4.79 Å². The van der Waals surface area contributed by atoms with E-state index in [0.717, 1.165) is 28.0 Å². The highest BCUT2D eigenvalue weighted by molar-refractivity contribution is 5.67. The fourth-order valence-electron chi connectivity index (χ4n) is 2.41. The van der Waals surface area contributed by atoms with E-state index in [1.807, 2.05) is 47.6 Å². The number of methoxy groups -OCH3 is 1. The fraction of sp³-hybridized carbons (Fsp3) is 0.588. The molecule has 0 aliphatic heterocycles. The number of benzene rings is 1. The third-order valence-corrected chi connectivity index (χ3v) is 3.54. The molecule has 1 amide bonds. The maximum absolute atomic E-state index is 11.7. The van der Waals surface area contributed by atoms with Gasteiger partial charge in [0.2, 0.25) is 0 Å². The predicted molar refractivity (Wildman–Crippen MR) is 88.4 cm³/mol. The summed E-state index contributed by atoms with van der Waals surface area (Å²) >= 11 is 0. The highest BCUT2D eigenvalue weighted by atomic mass is 16.6. The zero-order valence-electron chi connectivity index (χ0n) is 14.7. The average molecular weight is 308 g/mol. The van der Waals surface area contributed by atoms with Crippen LogP contribution < -0.4 is 15.8 Å². The third kappa shape index (κ3) is 4.63. The molecule has 0 saturated heterocycles. The molecule has 0 aliphatic rings. The maximum Gasteiger partial charge on any atom is 0.407 e. The van der Waals surface area contributed by atoms with Gasteiger partial charge in [-0.25, -0.2) is 4.79 Å². The molecule has 0 heterocycles. The second-order valence-electron chi connectivity index (χ2n) is 6.56. The highest BCUT2D eigenvalue weighted by Gasteiger charge is 2.19. The lowest BCUT2D eigenvalue weighted by Gasteiger charge is -2.22. The second-order valence-corrected chi connectivity index (χ2v) is 6.56. The first-order valence-corrected chi connectivity index (χ1v) is 7.44. The number of alkyl carbamates (subject to hydrolysis) is 1. The lowest BCUT2D eigenvalue weighted by Crippen LogP contribution is -2.36. The summed E-state index contributed by atoms with van der Waals surface area (Å²) in [6, 6.07) is 1.72. The van der Waals surface area contributed by atoms with Crippen molar-refractivity contribution < 1.29 is 14.3 Å². The summed E-state index contributed by atoms with van der Waals surface area (Å²) in [6.07, 6.45) is -0.456. The van der Waals surface area contributed by atoms with Gasteiger partial charge in [-0.05, 0) is 63.8 Å². The quantitative estimate of drug-likeness (QED) is 0.896. The van der Waals surface area contributed by atoms with Crippen molar-refractivity contribution in [1.82, 2.24) is 5.32 Å². The first-order valence-electron chi connectivity index (χ1n) is 7.44. The van der Waals surface area contributed by atoms with Crippen LogP contribution in [0.2, 0.25) is 0 Å². The second kappa shape index (κ2) is 7.01. The average Bonchev–Trinajstić information content (AvgIpc) is 2.39. The first kappa shape index (κ1) is 18.3. The molecule has 0 aromatic heterocycles. The van der Waals surface area contributed by atoms with Gasteiger partial charge in [0.25, 0.3) is 0 Å². The molecule has 5 nitrogen and oxygen atoms in total. The Morgan fingerprint density at radius 3 is 2.36 bits per heavy atom. The lowest BCUT2D eigenvalue weighted by atomic mass is 9.94. The van der Waals surface area contributed by atoms with Gasteiger partial charge in [-0.15, -0.1) is 0 Å². The van der Waals surface area contributed by atoms with E-state index in [-0.39, 0.29) is 6.04 Å². The van der Waals surface area contributed by atoms with Gasteiger partial charge in [-0.3, -0.25) is 0 Å². The van der Waals surface area contributed by atoms with E-state index in [1.54, 1.807) is 7.11 Å². The number of nitrogens with two attached hydrogens (primary N) is 1. The van der Waals surface area contributed by atoms with Crippen LogP contribution in [-0.2, 0) is 4.74 Å². The van der Waals surface area contributed by atoms with Crippen molar-refractivity contribution in [2.45, 2.75) is 53.2 Å². The van der Waals surface area contributed by atoms with Crippen molar-refractivity contribution in [3.63, 3.8) is 0 Å². The van der Waals surface area contributed by atoms with Gasteiger partial charge in [0.1, 0.15) is 11.4 Å². The summed E-state index contributed by atoms with van der Waals surface area (Å²) in [5.41, 5.74) is 9.91. The van der Waals surface area contributed by atoms with Crippen LogP contribution in [0.15, 0.2) is 6.07 Å². The van der Waals surface area contributed by atoms with Crippen LogP contribution in [0.3, 0.4) is 0 Å². The van der Waals surface area contributed by atoms with Crippen LogP contribution in [0.1, 0.15) is 49.1 Å². The molecule has 0 fully saturated rings. The predicted octanol–water partition coefficient (Wildman–Crippen LogP) is 3.14. The van der Waals surface area contributed by atoms with Crippen LogP contribution in [0.4, 0.5) is 4.79 Å². The molecular weight excluding hydrogens is 280 g/mol. The van der Waals surface area contributed by atoms with E-state index >= 15 is 0 Å². The topological polar surface area (TPSA) is 73.6 Å². The van der Waals surface area contributed by atoms with Crippen LogP contribution >= 0.6 is 0 Å². The molecule has 1 aromatic carbocycles. The van der Waals surface area contributed by atoms with Gasteiger partial charge < -0.3 is 20.5 Å². The first-order chi connectivity index (χ1) is 10.1. The van der Waals surface area contributed by atoms with E-state index < -0.39 is 11.7 Å². The Balaban J connectivity index is 2.83. The molecule has 1 rings (SSSR count). The Bertz CT molecular complexity index is 548. The van der Waals surface area contributed by atoms with Crippen molar-refractivity contribution in [3.05, 3.63) is 28.3 Å². The molecule has 5 heteroatoms. The molecule has 22 heavy (non-hydrogen) atoms. The SMILES string of the molecule is COc1c(C)cc(C(N)CNC(=O)OC(C)(C)C)c(C)c1C. The number of rotatable bonds is 4. The van der Waals surface area contributed by atoms with Crippen molar-refractivity contribution in [2.75, 3.05) is 13.7 Å². The number of carbonyl (C=O) groups excluding carboxylic acids is 1. The monoisotopic (exact) mass is 308 g/mol. The van der Waals surface area contributed by atoms with E-state index in [4.69, 9.17) is 15.2 Å². The Hall–Kier alpha value is -1.75. The number of amides is 1. The summed E-state index contributed by atoms with van der Waals surface area (Å²) in [5, 5.41) is 2.71. The van der Waals surface area contributed by atoms with Crippen molar-refractivity contribution in [2.24, 2.45) is 5.73 Å². The zero-order valence-corrected chi connectivity index (χ0v) is 14.7. The lowest BCUT2D eigenvalue weighted by molar-refractivity contribution is 0.0524. The van der Waals surface area contributed by atoms with Gasteiger partial charge in [0, 0.05) is 12.6 Å². The third-order valence-electron chi connectivity index (χ3n) is 3.54. The Kier molecular flexibility index (Phi) is 5.83. The summed E-state index contributed by atoms with van der Waals surface area (Å²) in [5.74, 6) is 0.883. The van der Waals surface area contributed by atoms with Crippen LogP contribution in [0.25, 0.3) is 0 Å². The van der Waals surface area contributed by atoms with Crippen LogP contribution in [0, 0.1) is 20.8 Å². The van der Waals surface area contributed by atoms with Crippen molar-refractivity contribution in [3.8, 4) is 5.75 Å². The van der Waals surface area contributed by atoms with E-state index in [0.29, 0.717) is 6.54 Å². The largest absolute Gasteiger partial charge is 0.496 e. The molecule has 0 saturated carbocycles. The number of ether oxygens (including phenoxy) is 2. The summed E-state index contributed by atoms with van der Waals surface area (Å²) in [6.45, 7) is 11.8. The number of nitrogens with one attached hydrogen (secondary N) is 1. The van der Waals surface area contributed by atoms with E-state index in [1.165, 1.54) is 0 Å². The zero-order chi connectivity index (χ0) is 17.1. The van der Waals surface area contributed by atoms with Crippen molar-refractivity contribution in [1.29, 1.82) is 0 Å². The minimum atomic E-state index is -0.516. The summed E-state index contributed by atoms with van der Waals surface area (Å²) in [7, 11) is 1.67. The molecule has 0 bridgehead atoms. The fourth-order valence-corrected chi connectivity index (χ4v) is 2.41. The van der Waals surface area contributed by atoms with Gasteiger partial charge in [-0.2, -0.15) is 0 Å². The number of carbonyl (C=O) groups is 1. The smallest absolute Gasteiger partial charge is 0.407 e. The molecule has 0 aliphatic carbocycles. The molecular formula is C17H28N2O3. The summed E-state index contributed by atoms with van der Waals surface area (Å²) < 4.78 is 10.6. The van der Waals surface area contributed by atoms with Crippen LogP contribution in [0.5, 0.6) is 5.75 Å². The molecule has 1 atom stereocenters. The Labute approximate surface area is 133 Å². The molecule has 1 aromatic rings. The number of aryl methyl sites for hydroxylation is 1. The van der Waals surface area contributed by atoms with Crippen molar-refractivity contribution >= 4 is 6.09 Å². The standard InChI is InChI=1S/C17H28N2O3/c1-10-8-13(11(2)12(3)15(10)21-7)14(18)9-19-16(20)22-17(4,5)6/h8,14H,9,18H2,1-7H3,(H,19,20). The van der Waals surface area contributed by atoms with E-state index in [2.05, 4.69) is 5.32 Å². The summed E-state index contributed by atoms with van der Waals surface area (Å²) in [4.78, 5) is 11.7. The molecule has 3 N–H and O–H groups in total. The van der Waals surface area contributed by atoms with Gasteiger partial charge in [0.15, 0.2) is 0 Å². The van der Waals surface area contributed by atoms with Crippen LogP contribution in [-0.4, -0.2) is 25.3 Å². The Morgan fingerprint density at radius 2 is 1.86 bits per heavy atom. The normalized spacial score (nSPS) is 12.7. The molecule has 1 unspecified atom stereocenters. The van der Waals surface area contributed by atoms with Gasteiger partial charge >= 0.3 is 6.09 Å². The van der Waals surface area contributed by atoms with Gasteiger partial charge in [0.05, 0.1) is 7.11 Å². The minimum absolute atomic E-state index is 0.296. The maximum atomic E-state index is 11.7. The molecule has 0 spiro atoms.